The molecule has 2 heteroatoms. The van der Waals surface area contributed by atoms with Crippen LogP contribution in [0, 0.1) is 0 Å². The number of ketones is 1. The maximum atomic E-state index is 10.8. The van der Waals surface area contributed by atoms with E-state index < -0.39 is 0 Å². The molecule has 1 aromatic carbocycles. The molecule has 1 aromatic rings. The van der Waals surface area contributed by atoms with Crippen molar-refractivity contribution < 1.29 is 4.79 Å². The highest BCUT2D eigenvalue weighted by Crippen LogP contribution is 2.00. The molecular weight excluding hydrogens is 196 g/mol. The summed E-state index contributed by atoms with van der Waals surface area (Å²) in [6.07, 6.45) is 6.90. The third kappa shape index (κ3) is 4.06. The number of alkyl halides is 1. The van der Waals surface area contributed by atoms with Crippen molar-refractivity contribution >= 4 is 23.5 Å². The van der Waals surface area contributed by atoms with E-state index in [0.717, 1.165) is 5.56 Å². The molecule has 72 valence electrons. The average molecular weight is 207 g/mol. The fourth-order valence-corrected chi connectivity index (χ4v) is 1.03. The van der Waals surface area contributed by atoms with E-state index in [1.807, 2.05) is 42.5 Å². The maximum Gasteiger partial charge on any atom is 0.170 e. The molecule has 1 nitrogen and oxygen atoms in total. The summed E-state index contributed by atoms with van der Waals surface area (Å²) >= 11 is 5.32. The van der Waals surface area contributed by atoms with Gasteiger partial charge in [-0.15, -0.1) is 11.6 Å². The van der Waals surface area contributed by atoms with Gasteiger partial charge < -0.3 is 0 Å². The van der Waals surface area contributed by atoms with Gasteiger partial charge in [-0.1, -0.05) is 48.6 Å². The van der Waals surface area contributed by atoms with Crippen LogP contribution in [0.15, 0.2) is 48.6 Å². The van der Waals surface area contributed by atoms with Gasteiger partial charge in [-0.25, -0.2) is 0 Å². The second-order valence-electron chi connectivity index (χ2n) is 2.73. The van der Waals surface area contributed by atoms with E-state index in [9.17, 15) is 4.79 Å². The third-order valence-corrected chi connectivity index (χ3v) is 1.88. The Morgan fingerprint density at radius 3 is 2.57 bits per heavy atom. The molecule has 0 spiro atoms. The zero-order chi connectivity index (χ0) is 10.2. The molecule has 0 saturated heterocycles. The molecule has 0 aliphatic heterocycles. The highest BCUT2D eigenvalue weighted by atomic mass is 35.5. The SMILES string of the molecule is O=C(/C=C/C=C/c1ccccc1)CCl. The molecule has 0 unspecified atom stereocenters. The molecule has 0 atom stereocenters. The van der Waals surface area contributed by atoms with Gasteiger partial charge >= 0.3 is 0 Å². The van der Waals surface area contributed by atoms with Crippen molar-refractivity contribution in [3.05, 3.63) is 54.1 Å². The second-order valence-corrected chi connectivity index (χ2v) is 3.00. The molecule has 1 rings (SSSR count). The highest BCUT2D eigenvalue weighted by Gasteiger charge is 1.87. The molecule has 0 aromatic heterocycles. The first-order valence-electron chi connectivity index (χ1n) is 4.31. The van der Waals surface area contributed by atoms with E-state index in [2.05, 4.69) is 0 Å². The Hall–Kier alpha value is -1.34. The summed E-state index contributed by atoms with van der Waals surface area (Å²) in [6, 6.07) is 9.88. The second kappa shape index (κ2) is 6.17. The summed E-state index contributed by atoms with van der Waals surface area (Å²) in [5.74, 6) is -0.0419. The summed E-state index contributed by atoms with van der Waals surface area (Å²) in [5, 5.41) is 0. The smallest absolute Gasteiger partial charge is 0.170 e. The van der Waals surface area contributed by atoms with Gasteiger partial charge in [-0.05, 0) is 11.6 Å². The van der Waals surface area contributed by atoms with E-state index >= 15 is 0 Å². The van der Waals surface area contributed by atoms with Crippen molar-refractivity contribution in [1.29, 1.82) is 0 Å². The van der Waals surface area contributed by atoms with Crippen LogP contribution in [0.5, 0.6) is 0 Å². The minimum absolute atomic E-state index is 0.0374. The van der Waals surface area contributed by atoms with Crippen molar-refractivity contribution in [1.82, 2.24) is 0 Å². The van der Waals surface area contributed by atoms with Gasteiger partial charge in [-0.3, -0.25) is 4.79 Å². The summed E-state index contributed by atoms with van der Waals surface area (Å²) in [7, 11) is 0. The van der Waals surface area contributed by atoms with Crippen LogP contribution in [0.2, 0.25) is 0 Å². The average Bonchev–Trinajstić information content (AvgIpc) is 2.25. The fourth-order valence-electron chi connectivity index (χ4n) is 0.938. The number of carbonyl (C=O) groups is 1. The quantitative estimate of drug-likeness (QED) is 0.421. The number of allylic oxidation sites excluding steroid dienone is 3. The van der Waals surface area contributed by atoms with Crippen molar-refractivity contribution in [3.63, 3.8) is 0 Å². The molecule has 0 bridgehead atoms. The zero-order valence-electron chi connectivity index (χ0n) is 7.69. The number of hydrogen-bond donors (Lipinski definition) is 0. The van der Waals surface area contributed by atoms with Gasteiger partial charge in [0.25, 0.3) is 0 Å². The Bertz CT molecular complexity index is 339. The van der Waals surface area contributed by atoms with Crippen LogP contribution < -0.4 is 0 Å². The van der Waals surface area contributed by atoms with E-state index in [4.69, 9.17) is 11.6 Å². The van der Waals surface area contributed by atoms with Crippen molar-refractivity contribution in [2.45, 2.75) is 0 Å². The van der Waals surface area contributed by atoms with Gasteiger partial charge in [0.1, 0.15) is 0 Å². The predicted molar refractivity (Wildman–Crippen MR) is 60.3 cm³/mol. The Balaban J connectivity index is 2.50. The molecule has 0 aliphatic rings. The molecule has 0 radical (unpaired) electrons. The van der Waals surface area contributed by atoms with Crippen molar-refractivity contribution in [2.24, 2.45) is 0 Å². The molecule has 14 heavy (non-hydrogen) atoms. The number of hydrogen-bond acceptors (Lipinski definition) is 1. The van der Waals surface area contributed by atoms with Crippen molar-refractivity contribution in [3.8, 4) is 0 Å². The number of benzene rings is 1. The van der Waals surface area contributed by atoms with Crippen molar-refractivity contribution in [2.75, 3.05) is 5.88 Å². The van der Waals surface area contributed by atoms with E-state index in [0.29, 0.717) is 0 Å². The van der Waals surface area contributed by atoms with Gasteiger partial charge in [0.2, 0.25) is 0 Å². The van der Waals surface area contributed by atoms with Gasteiger partial charge in [-0.2, -0.15) is 0 Å². The zero-order valence-corrected chi connectivity index (χ0v) is 8.45. The number of halogens is 1. The minimum atomic E-state index is -0.0793. The lowest BCUT2D eigenvalue weighted by molar-refractivity contribution is -0.112. The summed E-state index contributed by atoms with van der Waals surface area (Å²) < 4.78 is 0. The summed E-state index contributed by atoms with van der Waals surface area (Å²) in [4.78, 5) is 10.8. The molecule has 0 amide bonds. The lowest BCUT2D eigenvalue weighted by Crippen LogP contribution is -1.90. The van der Waals surface area contributed by atoms with E-state index in [-0.39, 0.29) is 11.7 Å². The Kier molecular flexibility index (Phi) is 4.73. The predicted octanol–water partition coefficient (Wildman–Crippen LogP) is 3.06. The Labute approximate surface area is 88.7 Å². The maximum absolute atomic E-state index is 10.8. The Morgan fingerprint density at radius 2 is 1.93 bits per heavy atom. The third-order valence-electron chi connectivity index (χ3n) is 1.61. The number of carbonyl (C=O) groups excluding carboxylic acids is 1. The van der Waals surface area contributed by atoms with Crippen LogP contribution in [0.4, 0.5) is 0 Å². The van der Waals surface area contributed by atoms with Crippen LogP contribution in [-0.2, 0) is 4.79 Å². The van der Waals surface area contributed by atoms with Crippen LogP contribution in [0.25, 0.3) is 6.08 Å². The minimum Gasteiger partial charge on any atom is -0.294 e. The first-order valence-corrected chi connectivity index (χ1v) is 4.85. The van der Waals surface area contributed by atoms with Crippen LogP contribution in [-0.4, -0.2) is 11.7 Å². The lowest BCUT2D eigenvalue weighted by Gasteiger charge is -1.88. The van der Waals surface area contributed by atoms with Crippen LogP contribution in [0.3, 0.4) is 0 Å². The van der Waals surface area contributed by atoms with Crippen LogP contribution >= 0.6 is 11.6 Å². The van der Waals surface area contributed by atoms with Crippen LogP contribution in [0.1, 0.15) is 5.56 Å². The normalized spacial score (nSPS) is 11.2. The molecular formula is C12H11ClO. The van der Waals surface area contributed by atoms with Gasteiger partial charge in [0.05, 0.1) is 5.88 Å². The molecule has 0 fully saturated rings. The fraction of sp³-hybridized carbons (Fsp3) is 0.0833. The lowest BCUT2D eigenvalue weighted by atomic mass is 10.2. The van der Waals surface area contributed by atoms with Gasteiger partial charge in [0, 0.05) is 0 Å². The summed E-state index contributed by atoms with van der Waals surface area (Å²) in [6.45, 7) is 0. The molecule has 0 saturated carbocycles. The Morgan fingerprint density at radius 1 is 1.21 bits per heavy atom. The first-order chi connectivity index (χ1) is 6.83. The molecule has 0 aliphatic carbocycles. The number of rotatable bonds is 4. The summed E-state index contributed by atoms with van der Waals surface area (Å²) in [5.41, 5.74) is 1.11. The molecule has 0 N–H and O–H groups in total. The van der Waals surface area contributed by atoms with E-state index in [1.165, 1.54) is 6.08 Å². The van der Waals surface area contributed by atoms with Gasteiger partial charge in [0.15, 0.2) is 5.78 Å². The standard InChI is InChI=1S/C12H11ClO/c13-10-12(14)9-5-4-8-11-6-2-1-3-7-11/h1-9H,10H2/b8-4+,9-5+. The topological polar surface area (TPSA) is 17.1 Å². The first kappa shape index (κ1) is 10.7. The highest BCUT2D eigenvalue weighted by molar-refractivity contribution is 6.29. The van der Waals surface area contributed by atoms with E-state index in [1.54, 1.807) is 6.08 Å². The molecule has 0 heterocycles. The monoisotopic (exact) mass is 206 g/mol. The largest absolute Gasteiger partial charge is 0.294 e.